The van der Waals surface area contributed by atoms with Crippen LogP contribution in [0, 0.1) is 0 Å². The number of benzene rings is 1. The van der Waals surface area contributed by atoms with Gasteiger partial charge in [0.25, 0.3) is 0 Å². The molecule has 1 aromatic carbocycles. The summed E-state index contributed by atoms with van der Waals surface area (Å²) in [6.07, 6.45) is 2.77. The average molecular weight is 245 g/mol. The molecule has 2 nitrogen and oxygen atoms in total. The Bertz CT molecular complexity index is 536. The van der Waals surface area contributed by atoms with Crippen molar-refractivity contribution in [2.75, 3.05) is 4.90 Å². The fourth-order valence-corrected chi connectivity index (χ4v) is 2.54. The minimum atomic E-state index is 0.445. The maximum atomic E-state index is 5.87. The molecule has 86 valence electrons. The Balaban J connectivity index is 2.06. The molecule has 2 heterocycles. The molecule has 2 aromatic rings. The minimum absolute atomic E-state index is 0.445. The predicted molar refractivity (Wildman–Crippen MR) is 71.0 cm³/mol. The van der Waals surface area contributed by atoms with E-state index in [0.29, 0.717) is 11.1 Å². The Morgan fingerprint density at radius 3 is 2.82 bits per heavy atom. The van der Waals surface area contributed by atoms with Gasteiger partial charge in [0.2, 0.25) is 0 Å². The molecule has 0 spiro atoms. The quantitative estimate of drug-likeness (QED) is 0.758. The van der Waals surface area contributed by atoms with E-state index in [-0.39, 0.29) is 0 Å². The molecule has 3 heteroatoms. The van der Waals surface area contributed by atoms with Gasteiger partial charge in [-0.25, -0.2) is 4.98 Å². The molecule has 0 amide bonds. The topological polar surface area (TPSA) is 16.1 Å². The number of para-hydroxylation sites is 1. The van der Waals surface area contributed by atoms with E-state index in [1.807, 2.05) is 12.1 Å². The van der Waals surface area contributed by atoms with E-state index >= 15 is 0 Å². The first-order valence-corrected chi connectivity index (χ1v) is 6.12. The molecule has 0 aliphatic carbocycles. The summed E-state index contributed by atoms with van der Waals surface area (Å²) < 4.78 is 0. The molecule has 0 saturated carbocycles. The van der Waals surface area contributed by atoms with Crippen LogP contribution in [0.25, 0.3) is 0 Å². The Morgan fingerprint density at radius 2 is 2.06 bits per heavy atom. The number of hydrogen-bond acceptors (Lipinski definition) is 2. The summed E-state index contributed by atoms with van der Waals surface area (Å²) in [5.74, 6) is 0.965. The maximum absolute atomic E-state index is 5.87. The second-order valence-corrected chi connectivity index (χ2v) is 4.82. The van der Waals surface area contributed by atoms with Crippen molar-refractivity contribution in [2.45, 2.75) is 19.4 Å². The zero-order valence-corrected chi connectivity index (χ0v) is 10.4. The number of nitrogens with zero attached hydrogens (tertiary/aromatic N) is 2. The van der Waals surface area contributed by atoms with Crippen LogP contribution >= 0.6 is 11.6 Å². The lowest BCUT2D eigenvalue weighted by molar-refractivity contribution is 0.750. The lowest BCUT2D eigenvalue weighted by Crippen LogP contribution is -2.24. The molecular weight excluding hydrogens is 232 g/mol. The second-order valence-electron chi connectivity index (χ2n) is 4.39. The highest BCUT2D eigenvalue weighted by molar-refractivity contribution is 6.30. The van der Waals surface area contributed by atoms with Gasteiger partial charge in [-0.2, -0.15) is 0 Å². The number of anilines is 2. The lowest BCUT2D eigenvalue weighted by Gasteiger charge is -2.23. The van der Waals surface area contributed by atoms with Crippen molar-refractivity contribution in [3.8, 4) is 0 Å². The number of fused-ring (bicyclic) bond motifs is 1. The summed E-state index contributed by atoms with van der Waals surface area (Å²) in [5, 5.41) is 0.675. The van der Waals surface area contributed by atoms with Crippen LogP contribution in [0.3, 0.4) is 0 Å². The minimum Gasteiger partial charge on any atom is -0.323 e. The maximum Gasteiger partial charge on any atom is 0.133 e. The normalized spacial score (nSPS) is 18.2. The molecule has 0 N–H and O–H groups in total. The van der Waals surface area contributed by atoms with Crippen molar-refractivity contribution in [3.05, 3.63) is 53.2 Å². The molecule has 0 radical (unpaired) electrons. The predicted octanol–water partition coefficient (Wildman–Crippen LogP) is 3.82. The largest absolute Gasteiger partial charge is 0.323 e. The summed E-state index contributed by atoms with van der Waals surface area (Å²) in [5.41, 5.74) is 2.64. The first kappa shape index (κ1) is 10.6. The van der Waals surface area contributed by atoms with E-state index in [1.54, 1.807) is 6.20 Å². The van der Waals surface area contributed by atoms with E-state index < -0.39 is 0 Å². The van der Waals surface area contributed by atoms with Gasteiger partial charge in [-0.05, 0) is 37.1 Å². The van der Waals surface area contributed by atoms with Crippen molar-refractivity contribution in [2.24, 2.45) is 0 Å². The van der Waals surface area contributed by atoms with Crippen LogP contribution in [0.4, 0.5) is 11.5 Å². The molecule has 0 fully saturated rings. The number of aromatic nitrogens is 1. The smallest absolute Gasteiger partial charge is 0.133 e. The lowest BCUT2D eigenvalue weighted by atomic mass is 10.1. The Labute approximate surface area is 106 Å². The monoisotopic (exact) mass is 244 g/mol. The summed E-state index contributed by atoms with van der Waals surface area (Å²) in [4.78, 5) is 6.67. The number of halogens is 1. The molecule has 3 rings (SSSR count). The van der Waals surface area contributed by atoms with Crippen molar-refractivity contribution >= 4 is 23.1 Å². The van der Waals surface area contributed by atoms with Gasteiger partial charge in [0, 0.05) is 17.9 Å². The molecule has 1 aliphatic heterocycles. The zero-order chi connectivity index (χ0) is 11.8. The third-order valence-electron chi connectivity index (χ3n) is 3.17. The van der Waals surface area contributed by atoms with Crippen molar-refractivity contribution in [3.63, 3.8) is 0 Å². The Hall–Kier alpha value is -1.54. The van der Waals surface area contributed by atoms with Crippen LogP contribution in [0.1, 0.15) is 12.5 Å². The average Bonchev–Trinajstić information content (AvgIpc) is 2.66. The highest BCUT2D eigenvalue weighted by atomic mass is 35.5. The van der Waals surface area contributed by atoms with E-state index in [9.17, 15) is 0 Å². The van der Waals surface area contributed by atoms with Crippen molar-refractivity contribution in [1.29, 1.82) is 0 Å². The van der Waals surface area contributed by atoms with Gasteiger partial charge in [0.15, 0.2) is 0 Å². The Morgan fingerprint density at radius 1 is 1.24 bits per heavy atom. The van der Waals surface area contributed by atoms with E-state index in [0.717, 1.165) is 12.2 Å². The fourth-order valence-electron chi connectivity index (χ4n) is 2.43. The van der Waals surface area contributed by atoms with Crippen molar-refractivity contribution < 1.29 is 0 Å². The van der Waals surface area contributed by atoms with Crippen LogP contribution < -0.4 is 4.90 Å². The standard InChI is InChI=1S/C14H13ClN2/c1-10-8-11-4-2-3-5-13(11)17(10)14-7-6-12(15)9-16-14/h2-7,9-10H,8H2,1H3. The number of hydrogen-bond donors (Lipinski definition) is 0. The fraction of sp³-hybridized carbons (Fsp3) is 0.214. The van der Waals surface area contributed by atoms with E-state index in [2.05, 4.69) is 41.1 Å². The van der Waals surface area contributed by atoms with E-state index in [1.165, 1.54) is 11.3 Å². The highest BCUT2D eigenvalue weighted by Gasteiger charge is 2.27. The van der Waals surface area contributed by atoms with Gasteiger partial charge in [-0.1, -0.05) is 29.8 Å². The third kappa shape index (κ3) is 1.79. The van der Waals surface area contributed by atoms with Gasteiger partial charge >= 0.3 is 0 Å². The first-order chi connectivity index (χ1) is 8.25. The summed E-state index contributed by atoms with van der Waals surface area (Å²) in [6, 6.07) is 12.8. The van der Waals surface area contributed by atoms with Gasteiger partial charge in [0.1, 0.15) is 5.82 Å². The molecule has 1 aliphatic rings. The van der Waals surface area contributed by atoms with Crippen LogP contribution in [0.15, 0.2) is 42.6 Å². The molecule has 1 atom stereocenters. The molecule has 17 heavy (non-hydrogen) atoms. The van der Waals surface area contributed by atoms with E-state index in [4.69, 9.17) is 11.6 Å². The van der Waals surface area contributed by atoms with Crippen LogP contribution in [0.2, 0.25) is 5.02 Å². The van der Waals surface area contributed by atoms with Gasteiger partial charge in [-0.15, -0.1) is 0 Å². The molecule has 1 unspecified atom stereocenters. The Kier molecular flexibility index (Phi) is 2.52. The van der Waals surface area contributed by atoms with Crippen LogP contribution in [-0.4, -0.2) is 11.0 Å². The van der Waals surface area contributed by atoms with Gasteiger partial charge in [-0.3, -0.25) is 0 Å². The highest BCUT2D eigenvalue weighted by Crippen LogP contribution is 2.37. The van der Waals surface area contributed by atoms with Crippen molar-refractivity contribution in [1.82, 2.24) is 4.98 Å². The van der Waals surface area contributed by atoms with Crippen LogP contribution in [0.5, 0.6) is 0 Å². The number of pyridine rings is 1. The molecule has 1 aromatic heterocycles. The molecule has 0 saturated heterocycles. The summed E-state index contributed by atoms with van der Waals surface area (Å²) >= 11 is 5.87. The van der Waals surface area contributed by atoms with Crippen LogP contribution in [-0.2, 0) is 6.42 Å². The van der Waals surface area contributed by atoms with Gasteiger partial charge < -0.3 is 4.90 Å². The molecular formula is C14H13ClN2. The third-order valence-corrected chi connectivity index (χ3v) is 3.39. The summed E-state index contributed by atoms with van der Waals surface area (Å²) in [7, 11) is 0. The SMILES string of the molecule is CC1Cc2ccccc2N1c1ccc(Cl)cn1. The number of rotatable bonds is 1. The zero-order valence-electron chi connectivity index (χ0n) is 9.60. The molecule has 0 bridgehead atoms. The summed E-state index contributed by atoms with van der Waals surface area (Å²) in [6.45, 7) is 2.22. The first-order valence-electron chi connectivity index (χ1n) is 5.74. The second kappa shape index (κ2) is 4.04. The van der Waals surface area contributed by atoms with Gasteiger partial charge in [0.05, 0.1) is 5.02 Å².